The molecule has 1 aromatic carbocycles. The summed E-state index contributed by atoms with van der Waals surface area (Å²) in [5.74, 6) is 0. The van der Waals surface area contributed by atoms with Crippen molar-refractivity contribution < 1.29 is 5.11 Å². The van der Waals surface area contributed by atoms with Crippen molar-refractivity contribution in [2.75, 3.05) is 0 Å². The summed E-state index contributed by atoms with van der Waals surface area (Å²) in [6, 6.07) is 5.05. The van der Waals surface area contributed by atoms with Crippen LogP contribution in [0.4, 0.5) is 0 Å². The van der Waals surface area contributed by atoms with Gasteiger partial charge in [-0.3, -0.25) is 0 Å². The van der Waals surface area contributed by atoms with Crippen molar-refractivity contribution in [2.24, 2.45) is 10.8 Å². The Bertz CT molecular complexity index is 867. The van der Waals surface area contributed by atoms with Gasteiger partial charge in [-0.2, -0.15) is 15.0 Å². The number of rotatable bonds is 1. The highest BCUT2D eigenvalue weighted by Crippen LogP contribution is 2.46. The Morgan fingerprint density at radius 1 is 1.08 bits per heavy atom. The van der Waals surface area contributed by atoms with Gasteiger partial charge >= 0.3 is 0 Å². The average molecular weight is 360 g/mol. The number of hydrogen-bond acceptors (Lipinski definition) is 3. The van der Waals surface area contributed by atoms with Crippen molar-refractivity contribution in [3.63, 3.8) is 0 Å². The van der Waals surface area contributed by atoms with Crippen LogP contribution >= 0.6 is 11.6 Å². The molecule has 0 spiro atoms. The Balaban J connectivity index is 2.14. The maximum atomic E-state index is 11.7. The predicted octanol–water partition coefficient (Wildman–Crippen LogP) is 4.95. The lowest BCUT2D eigenvalue weighted by Gasteiger charge is -2.45. The summed E-state index contributed by atoms with van der Waals surface area (Å²) in [5.41, 5.74) is 1.05. The number of benzene rings is 1. The molecule has 0 fully saturated rings. The fraction of sp³-hybridized carbons (Fsp3) is 0.500. The zero-order chi connectivity index (χ0) is 18.6. The second-order valence-electron chi connectivity index (χ2n) is 8.88. The first-order chi connectivity index (χ1) is 11.4. The zero-order valence-corrected chi connectivity index (χ0v) is 16.5. The molecule has 5 heteroatoms. The fourth-order valence-corrected chi connectivity index (χ4v) is 3.29. The lowest BCUT2D eigenvalue weighted by molar-refractivity contribution is -0.0519. The van der Waals surface area contributed by atoms with E-state index < -0.39 is 11.0 Å². The van der Waals surface area contributed by atoms with Crippen molar-refractivity contribution in [2.45, 2.75) is 53.2 Å². The van der Waals surface area contributed by atoms with E-state index in [4.69, 9.17) is 11.6 Å². The van der Waals surface area contributed by atoms with E-state index >= 15 is 0 Å². The van der Waals surface area contributed by atoms with Crippen molar-refractivity contribution in [3.8, 4) is 0 Å². The number of aliphatic hydroxyl groups is 1. The number of halogens is 1. The van der Waals surface area contributed by atoms with Crippen LogP contribution in [0, 0.1) is 10.8 Å². The summed E-state index contributed by atoms with van der Waals surface area (Å²) in [4.78, 5) is 1.61. The largest absolute Gasteiger partial charge is 0.383 e. The Labute approximate surface area is 154 Å². The SMILES string of the molecule is CC(C)(C)C1=CC(O)(C(C)(C)C)C(n2nc3ccc(Cl)cc3n2)C=C1. The van der Waals surface area contributed by atoms with Gasteiger partial charge in [0.15, 0.2) is 0 Å². The zero-order valence-electron chi connectivity index (χ0n) is 15.7. The predicted molar refractivity (Wildman–Crippen MR) is 103 cm³/mol. The number of allylic oxidation sites excluding steroid dienone is 2. The Morgan fingerprint density at radius 2 is 1.72 bits per heavy atom. The first-order valence-corrected chi connectivity index (χ1v) is 8.96. The number of hydrogen-bond donors (Lipinski definition) is 1. The van der Waals surface area contributed by atoms with Crippen LogP contribution in [0.3, 0.4) is 0 Å². The molecule has 0 aliphatic heterocycles. The molecule has 0 radical (unpaired) electrons. The maximum absolute atomic E-state index is 11.7. The van der Waals surface area contributed by atoms with E-state index in [0.29, 0.717) is 5.02 Å². The second kappa shape index (κ2) is 5.68. The summed E-state index contributed by atoms with van der Waals surface area (Å²) in [6.45, 7) is 12.6. The molecule has 0 saturated heterocycles. The van der Waals surface area contributed by atoms with E-state index in [1.165, 1.54) is 0 Å². The monoisotopic (exact) mass is 359 g/mol. The van der Waals surface area contributed by atoms with Gasteiger partial charge in [-0.1, -0.05) is 65.3 Å². The molecule has 2 aromatic rings. The summed E-state index contributed by atoms with van der Waals surface area (Å²) >= 11 is 6.06. The molecular formula is C20H26ClN3O. The molecule has 0 amide bonds. The summed E-state index contributed by atoms with van der Waals surface area (Å²) < 4.78 is 0. The van der Waals surface area contributed by atoms with Gasteiger partial charge in [-0.05, 0) is 40.7 Å². The molecule has 134 valence electrons. The second-order valence-corrected chi connectivity index (χ2v) is 9.32. The first-order valence-electron chi connectivity index (χ1n) is 8.58. The molecule has 1 aliphatic rings. The van der Waals surface area contributed by atoms with E-state index in [9.17, 15) is 5.11 Å². The van der Waals surface area contributed by atoms with Gasteiger partial charge in [0.2, 0.25) is 0 Å². The molecule has 1 aliphatic carbocycles. The minimum absolute atomic E-state index is 0.0452. The van der Waals surface area contributed by atoms with Crippen molar-refractivity contribution in [3.05, 3.63) is 47.0 Å². The third kappa shape index (κ3) is 3.13. The average Bonchev–Trinajstić information content (AvgIpc) is 2.87. The molecule has 1 N–H and O–H groups in total. The molecule has 4 nitrogen and oxygen atoms in total. The number of aromatic nitrogens is 3. The van der Waals surface area contributed by atoms with Crippen molar-refractivity contribution in [1.82, 2.24) is 15.0 Å². The third-order valence-corrected chi connectivity index (χ3v) is 5.19. The molecule has 1 aromatic heterocycles. The molecule has 3 rings (SSSR count). The number of fused-ring (bicyclic) bond motifs is 1. The summed E-state index contributed by atoms with van der Waals surface area (Å²) in [5, 5.41) is 21.5. The van der Waals surface area contributed by atoms with Gasteiger partial charge in [-0.25, -0.2) is 0 Å². The first kappa shape index (κ1) is 18.2. The Morgan fingerprint density at radius 3 is 2.32 bits per heavy atom. The van der Waals surface area contributed by atoms with Gasteiger partial charge < -0.3 is 5.11 Å². The van der Waals surface area contributed by atoms with Crippen LogP contribution in [0.25, 0.3) is 11.0 Å². The van der Waals surface area contributed by atoms with Gasteiger partial charge in [0.25, 0.3) is 0 Å². The van der Waals surface area contributed by atoms with E-state index in [-0.39, 0.29) is 11.5 Å². The van der Waals surface area contributed by atoms with Crippen LogP contribution in [0.15, 0.2) is 42.0 Å². The highest BCUT2D eigenvalue weighted by molar-refractivity contribution is 6.31. The lowest BCUT2D eigenvalue weighted by Crippen LogP contribution is -2.50. The lowest BCUT2D eigenvalue weighted by atomic mass is 9.67. The van der Waals surface area contributed by atoms with Gasteiger partial charge in [0, 0.05) is 5.02 Å². The van der Waals surface area contributed by atoms with Crippen LogP contribution in [0.5, 0.6) is 0 Å². The van der Waals surface area contributed by atoms with E-state index in [0.717, 1.165) is 16.6 Å². The molecule has 25 heavy (non-hydrogen) atoms. The van der Waals surface area contributed by atoms with Crippen LogP contribution in [-0.2, 0) is 0 Å². The highest BCUT2D eigenvalue weighted by Gasteiger charge is 2.48. The topological polar surface area (TPSA) is 50.9 Å². The van der Waals surface area contributed by atoms with Crippen LogP contribution < -0.4 is 0 Å². The van der Waals surface area contributed by atoms with Crippen molar-refractivity contribution >= 4 is 22.6 Å². The standard InChI is InChI=1S/C20H26ClN3O/c1-18(2,3)13-7-10-17(20(25,12-13)19(4,5)6)24-22-15-9-8-14(21)11-16(15)23-24/h7-12,17,25H,1-6H3. The van der Waals surface area contributed by atoms with E-state index in [2.05, 4.69) is 37.0 Å². The van der Waals surface area contributed by atoms with E-state index in [1.54, 1.807) is 16.9 Å². The molecule has 0 saturated carbocycles. The van der Waals surface area contributed by atoms with Crippen molar-refractivity contribution in [1.29, 1.82) is 0 Å². The highest BCUT2D eigenvalue weighted by atomic mass is 35.5. The smallest absolute Gasteiger partial charge is 0.123 e. The fourth-order valence-electron chi connectivity index (χ4n) is 3.12. The molecule has 2 unspecified atom stereocenters. The number of nitrogens with zero attached hydrogens (tertiary/aromatic N) is 3. The van der Waals surface area contributed by atoms with Gasteiger partial charge in [0.1, 0.15) is 22.7 Å². The quantitative estimate of drug-likeness (QED) is 0.784. The van der Waals surface area contributed by atoms with Gasteiger partial charge in [0.05, 0.1) is 0 Å². The molecule has 1 heterocycles. The Kier molecular flexibility index (Phi) is 4.12. The van der Waals surface area contributed by atoms with Crippen LogP contribution in [0.2, 0.25) is 5.02 Å². The molecule has 2 atom stereocenters. The van der Waals surface area contributed by atoms with Crippen LogP contribution in [-0.4, -0.2) is 25.7 Å². The summed E-state index contributed by atoms with van der Waals surface area (Å²) in [7, 11) is 0. The maximum Gasteiger partial charge on any atom is 0.123 e. The normalized spacial score (nSPS) is 24.6. The third-order valence-electron chi connectivity index (χ3n) is 4.96. The minimum Gasteiger partial charge on any atom is -0.383 e. The van der Waals surface area contributed by atoms with Gasteiger partial charge in [-0.15, -0.1) is 0 Å². The minimum atomic E-state index is -1.11. The molecular weight excluding hydrogens is 334 g/mol. The Hall–Kier alpha value is -1.65. The summed E-state index contributed by atoms with van der Waals surface area (Å²) in [6.07, 6.45) is 6.07. The van der Waals surface area contributed by atoms with E-state index in [1.807, 2.05) is 39.0 Å². The van der Waals surface area contributed by atoms with Crippen LogP contribution in [0.1, 0.15) is 47.6 Å². The molecule has 0 bridgehead atoms.